The first-order valence-corrected chi connectivity index (χ1v) is 6.13. The molecule has 3 heteroatoms. The zero-order chi connectivity index (χ0) is 11.1. The van der Waals surface area contributed by atoms with E-state index >= 15 is 0 Å². The molecule has 88 valence electrons. The highest BCUT2D eigenvalue weighted by atomic mass is 16.5. The van der Waals surface area contributed by atoms with Crippen molar-refractivity contribution in [1.82, 2.24) is 5.32 Å². The topological polar surface area (TPSA) is 48.2 Å². The van der Waals surface area contributed by atoms with Gasteiger partial charge in [0, 0.05) is 6.04 Å². The van der Waals surface area contributed by atoms with Crippen LogP contribution in [0.5, 0.6) is 0 Å². The van der Waals surface area contributed by atoms with Gasteiger partial charge in [-0.2, -0.15) is 0 Å². The van der Waals surface area contributed by atoms with E-state index in [1.165, 1.54) is 45.6 Å². The second kappa shape index (κ2) is 6.83. The average molecular weight is 213 g/mol. The molecule has 0 aliphatic carbocycles. The number of hydrogen-bond acceptors (Lipinski definition) is 3. The molecule has 0 bridgehead atoms. The van der Waals surface area contributed by atoms with Gasteiger partial charge in [0.05, 0.1) is 7.11 Å². The van der Waals surface area contributed by atoms with Gasteiger partial charge in [-0.15, -0.1) is 0 Å². The molecule has 2 atom stereocenters. The summed E-state index contributed by atoms with van der Waals surface area (Å²) < 4.78 is 4.66. The van der Waals surface area contributed by atoms with Crippen molar-refractivity contribution in [2.75, 3.05) is 7.11 Å². The first-order valence-electron chi connectivity index (χ1n) is 6.13. The van der Waals surface area contributed by atoms with Gasteiger partial charge in [0.2, 0.25) is 0 Å². The summed E-state index contributed by atoms with van der Waals surface area (Å²) >= 11 is 0. The summed E-state index contributed by atoms with van der Waals surface area (Å²) in [6, 6.07) is 0.384. The molecule has 0 radical (unpaired) electrons. The van der Waals surface area contributed by atoms with Crippen LogP contribution in [-0.2, 0) is 9.53 Å². The molecular weight excluding hydrogens is 190 g/mol. The lowest BCUT2D eigenvalue weighted by Gasteiger charge is -1.99. The van der Waals surface area contributed by atoms with E-state index in [-0.39, 0.29) is 12.0 Å². The molecule has 3 nitrogen and oxygen atoms in total. The van der Waals surface area contributed by atoms with Crippen molar-refractivity contribution in [3.63, 3.8) is 0 Å². The zero-order valence-electron chi connectivity index (χ0n) is 9.92. The SMILES string of the molecule is CCCCCCCC[C@H]1N[C@H]1C(=O)OC. The van der Waals surface area contributed by atoms with Crippen LogP contribution < -0.4 is 5.32 Å². The van der Waals surface area contributed by atoms with Crippen molar-refractivity contribution in [3.05, 3.63) is 0 Å². The third-order valence-corrected chi connectivity index (χ3v) is 3.01. The number of methoxy groups -OCH3 is 1. The van der Waals surface area contributed by atoms with Gasteiger partial charge in [-0.05, 0) is 6.42 Å². The van der Waals surface area contributed by atoms with Gasteiger partial charge in [-0.3, -0.25) is 10.1 Å². The van der Waals surface area contributed by atoms with Crippen LogP contribution in [0.2, 0.25) is 0 Å². The van der Waals surface area contributed by atoms with E-state index in [0.717, 1.165) is 6.42 Å². The predicted molar refractivity (Wildman–Crippen MR) is 60.7 cm³/mol. The number of esters is 1. The van der Waals surface area contributed by atoms with Crippen LogP contribution >= 0.6 is 0 Å². The molecule has 0 aromatic carbocycles. The van der Waals surface area contributed by atoms with Crippen LogP contribution in [0.1, 0.15) is 51.9 Å². The second-order valence-electron chi connectivity index (χ2n) is 4.33. The predicted octanol–water partition coefficient (Wildman–Crippen LogP) is 2.25. The van der Waals surface area contributed by atoms with Crippen molar-refractivity contribution >= 4 is 5.97 Å². The number of carbonyl (C=O) groups excluding carboxylic acids is 1. The molecule has 1 saturated heterocycles. The molecule has 1 aliphatic rings. The first-order chi connectivity index (χ1) is 7.29. The maximum atomic E-state index is 11.1. The number of nitrogens with one attached hydrogen (secondary N) is 1. The molecule has 0 aromatic rings. The molecule has 0 unspecified atom stereocenters. The van der Waals surface area contributed by atoms with Crippen LogP contribution in [0.15, 0.2) is 0 Å². The Labute approximate surface area is 92.6 Å². The van der Waals surface area contributed by atoms with Crippen LogP contribution in [0.25, 0.3) is 0 Å². The lowest BCUT2D eigenvalue weighted by atomic mass is 10.1. The minimum Gasteiger partial charge on any atom is -0.468 e. The fourth-order valence-corrected chi connectivity index (χ4v) is 1.93. The van der Waals surface area contributed by atoms with E-state index in [2.05, 4.69) is 17.0 Å². The number of hydrogen-bond donors (Lipinski definition) is 1. The lowest BCUT2D eigenvalue weighted by Crippen LogP contribution is -2.12. The Morgan fingerprint density at radius 2 is 1.87 bits per heavy atom. The highest BCUT2D eigenvalue weighted by Crippen LogP contribution is 2.19. The number of carbonyl (C=O) groups is 1. The summed E-state index contributed by atoms with van der Waals surface area (Å²) in [6.07, 6.45) is 8.99. The molecule has 1 fully saturated rings. The van der Waals surface area contributed by atoms with Crippen molar-refractivity contribution in [1.29, 1.82) is 0 Å². The van der Waals surface area contributed by atoms with E-state index < -0.39 is 0 Å². The fourth-order valence-electron chi connectivity index (χ4n) is 1.93. The Hall–Kier alpha value is -0.570. The summed E-state index contributed by atoms with van der Waals surface area (Å²) in [5, 5.41) is 3.15. The highest BCUT2D eigenvalue weighted by molar-refractivity contribution is 5.80. The Kier molecular flexibility index (Phi) is 5.69. The molecule has 1 N–H and O–H groups in total. The molecule has 0 aromatic heterocycles. The second-order valence-corrected chi connectivity index (χ2v) is 4.33. The smallest absolute Gasteiger partial charge is 0.324 e. The normalized spacial score (nSPS) is 23.9. The highest BCUT2D eigenvalue weighted by Gasteiger charge is 2.42. The van der Waals surface area contributed by atoms with Gasteiger partial charge < -0.3 is 4.74 Å². The molecule has 15 heavy (non-hydrogen) atoms. The van der Waals surface area contributed by atoms with Gasteiger partial charge in [0.15, 0.2) is 0 Å². The fraction of sp³-hybridized carbons (Fsp3) is 0.917. The zero-order valence-corrected chi connectivity index (χ0v) is 9.92. The third-order valence-electron chi connectivity index (χ3n) is 3.01. The molecule has 1 heterocycles. The number of unbranched alkanes of at least 4 members (excludes halogenated alkanes) is 5. The van der Waals surface area contributed by atoms with Crippen LogP contribution in [0, 0.1) is 0 Å². The van der Waals surface area contributed by atoms with Gasteiger partial charge >= 0.3 is 5.97 Å². The molecule has 1 rings (SSSR count). The van der Waals surface area contributed by atoms with Crippen molar-refractivity contribution < 1.29 is 9.53 Å². The number of ether oxygens (including phenoxy) is 1. The summed E-state index contributed by atoms with van der Waals surface area (Å²) in [6.45, 7) is 2.23. The summed E-state index contributed by atoms with van der Waals surface area (Å²) in [5.41, 5.74) is 0. The molecule has 1 aliphatic heterocycles. The van der Waals surface area contributed by atoms with E-state index in [0.29, 0.717) is 6.04 Å². The maximum Gasteiger partial charge on any atom is 0.324 e. The molecular formula is C12H23NO2. The van der Waals surface area contributed by atoms with E-state index in [1.54, 1.807) is 0 Å². The monoisotopic (exact) mass is 213 g/mol. The Balaban J connectivity index is 1.88. The first kappa shape index (κ1) is 12.5. The lowest BCUT2D eigenvalue weighted by molar-refractivity contribution is -0.140. The quantitative estimate of drug-likeness (QED) is 0.382. The molecule has 0 saturated carbocycles. The van der Waals surface area contributed by atoms with Gasteiger partial charge in [0.1, 0.15) is 6.04 Å². The third kappa shape index (κ3) is 4.65. The van der Waals surface area contributed by atoms with Gasteiger partial charge in [0.25, 0.3) is 0 Å². The van der Waals surface area contributed by atoms with Crippen LogP contribution in [0.3, 0.4) is 0 Å². The van der Waals surface area contributed by atoms with Crippen molar-refractivity contribution in [2.24, 2.45) is 0 Å². The Bertz CT molecular complexity index is 194. The van der Waals surface area contributed by atoms with Gasteiger partial charge in [-0.1, -0.05) is 45.4 Å². The van der Waals surface area contributed by atoms with Gasteiger partial charge in [-0.25, -0.2) is 0 Å². The maximum absolute atomic E-state index is 11.1. The van der Waals surface area contributed by atoms with E-state index in [9.17, 15) is 4.79 Å². The summed E-state index contributed by atoms with van der Waals surface area (Å²) in [7, 11) is 1.45. The molecule has 0 amide bonds. The number of rotatable bonds is 8. The standard InChI is InChI=1S/C12H23NO2/c1-3-4-5-6-7-8-9-10-11(13-10)12(14)15-2/h10-11,13H,3-9H2,1-2H3/t10-,11-/m1/s1. The summed E-state index contributed by atoms with van der Waals surface area (Å²) in [5.74, 6) is -0.106. The summed E-state index contributed by atoms with van der Waals surface area (Å²) in [4.78, 5) is 11.1. The van der Waals surface area contributed by atoms with E-state index in [1.807, 2.05) is 0 Å². The van der Waals surface area contributed by atoms with Crippen LogP contribution in [-0.4, -0.2) is 25.2 Å². The minimum absolute atomic E-state index is 0.00866. The average Bonchev–Trinajstić information content (AvgIpc) is 3.01. The minimum atomic E-state index is -0.106. The Morgan fingerprint density at radius 1 is 1.20 bits per heavy atom. The van der Waals surface area contributed by atoms with Crippen molar-refractivity contribution in [2.45, 2.75) is 64.0 Å². The van der Waals surface area contributed by atoms with E-state index in [4.69, 9.17) is 0 Å². The van der Waals surface area contributed by atoms with Crippen LogP contribution in [0.4, 0.5) is 0 Å². The Morgan fingerprint density at radius 3 is 2.53 bits per heavy atom. The van der Waals surface area contributed by atoms with Crippen molar-refractivity contribution in [3.8, 4) is 0 Å². The largest absolute Gasteiger partial charge is 0.468 e. The molecule has 0 spiro atoms.